The average Bonchev–Trinajstić information content (AvgIpc) is 2.38. The van der Waals surface area contributed by atoms with E-state index in [9.17, 15) is 4.79 Å². The average molecular weight is 249 g/mol. The van der Waals surface area contributed by atoms with Crippen molar-refractivity contribution in [2.75, 3.05) is 20.1 Å². The van der Waals surface area contributed by atoms with Gasteiger partial charge >= 0.3 is 0 Å². The molecule has 0 fully saturated rings. The molecule has 1 rings (SSSR count). The maximum Gasteiger partial charge on any atom is 0.234 e. The molecule has 0 heterocycles. The van der Waals surface area contributed by atoms with Crippen LogP contribution in [-0.4, -0.2) is 37.0 Å². The summed E-state index contributed by atoms with van der Waals surface area (Å²) in [6.07, 6.45) is 0.905. The minimum atomic E-state index is 0.0465. The molecule has 0 saturated carbocycles. The number of nitrogens with one attached hydrogen (secondary N) is 1. The first-order valence-corrected chi connectivity index (χ1v) is 6.34. The van der Waals surface area contributed by atoms with Crippen LogP contribution in [0.2, 0.25) is 0 Å². The van der Waals surface area contributed by atoms with E-state index in [-0.39, 0.29) is 5.91 Å². The van der Waals surface area contributed by atoms with Crippen molar-refractivity contribution in [3.63, 3.8) is 0 Å². The summed E-state index contributed by atoms with van der Waals surface area (Å²) in [6, 6.07) is 10.2. The lowest BCUT2D eigenvalue weighted by atomic mass is 10.2. The highest BCUT2D eigenvalue weighted by Gasteiger charge is 2.11. The number of amides is 1. The molecule has 1 amide bonds. The van der Waals surface area contributed by atoms with Gasteiger partial charge in [-0.25, -0.2) is 0 Å². The number of benzene rings is 1. The quantitative estimate of drug-likeness (QED) is 0.757. The number of nitrogens with zero attached hydrogens (tertiary/aromatic N) is 1. The molecule has 0 aliphatic heterocycles. The van der Waals surface area contributed by atoms with Crippen molar-refractivity contribution in [1.82, 2.24) is 10.2 Å². The third-order valence-corrected chi connectivity index (χ3v) is 3.06. The van der Waals surface area contributed by atoms with Crippen molar-refractivity contribution >= 4 is 5.91 Å². The van der Waals surface area contributed by atoms with Gasteiger partial charge in [0.25, 0.3) is 0 Å². The Morgan fingerprint density at radius 2 is 2.06 bits per heavy atom. The molecular formula is C14H23N3O. The summed E-state index contributed by atoms with van der Waals surface area (Å²) in [5.41, 5.74) is 6.62. The van der Waals surface area contributed by atoms with Crippen LogP contribution in [0.1, 0.15) is 18.9 Å². The molecule has 1 aromatic carbocycles. The summed E-state index contributed by atoms with van der Waals surface area (Å²) in [4.78, 5) is 13.8. The Labute approximate surface area is 109 Å². The van der Waals surface area contributed by atoms with Gasteiger partial charge in [0.15, 0.2) is 0 Å². The monoisotopic (exact) mass is 249 g/mol. The van der Waals surface area contributed by atoms with Crippen molar-refractivity contribution in [1.29, 1.82) is 0 Å². The van der Waals surface area contributed by atoms with Crippen LogP contribution < -0.4 is 11.1 Å². The van der Waals surface area contributed by atoms with Crippen molar-refractivity contribution < 1.29 is 4.79 Å². The number of nitrogens with two attached hydrogens (primary N) is 1. The Bertz CT molecular complexity index is 353. The van der Waals surface area contributed by atoms with E-state index in [1.54, 1.807) is 0 Å². The van der Waals surface area contributed by atoms with Crippen LogP contribution in [0, 0.1) is 0 Å². The summed E-state index contributed by atoms with van der Waals surface area (Å²) >= 11 is 0. The molecule has 1 unspecified atom stereocenters. The fraction of sp³-hybridized carbons (Fsp3) is 0.500. The molecule has 0 radical (unpaired) electrons. The zero-order valence-electron chi connectivity index (χ0n) is 11.2. The number of carbonyl (C=O) groups excluding carboxylic acids is 1. The predicted octanol–water partition coefficient (Wildman–Crippen LogP) is 0.972. The highest BCUT2D eigenvalue weighted by molar-refractivity contribution is 5.78. The lowest BCUT2D eigenvalue weighted by molar-refractivity contribution is -0.122. The second-order valence-corrected chi connectivity index (χ2v) is 4.60. The number of hydrogen-bond acceptors (Lipinski definition) is 3. The Kier molecular flexibility index (Phi) is 6.39. The van der Waals surface area contributed by atoms with Crippen molar-refractivity contribution in [2.45, 2.75) is 25.9 Å². The number of carbonyl (C=O) groups is 1. The van der Waals surface area contributed by atoms with Crippen LogP contribution >= 0.6 is 0 Å². The fourth-order valence-electron chi connectivity index (χ4n) is 1.70. The van der Waals surface area contributed by atoms with E-state index < -0.39 is 0 Å². The summed E-state index contributed by atoms with van der Waals surface area (Å²) in [5, 5.41) is 2.91. The molecule has 0 aliphatic rings. The van der Waals surface area contributed by atoms with E-state index in [1.807, 2.05) is 42.3 Å². The van der Waals surface area contributed by atoms with Crippen LogP contribution in [0.15, 0.2) is 30.3 Å². The van der Waals surface area contributed by atoms with Crippen molar-refractivity contribution in [2.24, 2.45) is 5.73 Å². The van der Waals surface area contributed by atoms with Crippen LogP contribution in [0.3, 0.4) is 0 Å². The van der Waals surface area contributed by atoms with E-state index in [4.69, 9.17) is 5.73 Å². The zero-order valence-corrected chi connectivity index (χ0v) is 11.2. The number of likely N-dealkylation sites (N-methyl/N-ethyl adjacent to an activating group) is 1. The molecule has 0 saturated heterocycles. The van der Waals surface area contributed by atoms with Gasteiger partial charge in [-0.1, -0.05) is 30.3 Å². The van der Waals surface area contributed by atoms with Crippen LogP contribution in [0.25, 0.3) is 0 Å². The first kappa shape index (κ1) is 14.7. The van der Waals surface area contributed by atoms with Gasteiger partial charge in [0.1, 0.15) is 0 Å². The molecular weight excluding hydrogens is 226 g/mol. The third kappa shape index (κ3) is 5.29. The Hall–Kier alpha value is -1.39. The maximum absolute atomic E-state index is 11.8. The van der Waals surface area contributed by atoms with Gasteiger partial charge in [0.05, 0.1) is 6.54 Å². The highest BCUT2D eigenvalue weighted by Crippen LogP contribution is 2.00. The molecule has 0 spiro atoms. The molecule has 3 N–H and O–H groups in total. The highest BCUT2D eigenvalue weighted by atomic mass is 16.2. The Morgan fingerprint density at radius 1 is 1.39 bits per heavy atom. The smallest absolute Gasteiger partial charge is 0.234 e. The molecule has 4 nitrogen and oxygen atoms in total. The van der Waals surface area contributed by atoms with Gasteiger partial charge in [-0.3, -0.25) is 9.69 Å². The van der Waals surface area contributed by atoms with Crippen LogP contribution in [0.5, 0.6) is 0 Å². The van der Waals surface area contributed by atoms with E-state index in [0.717, 1.165) is 12.0 Å². The van der Waals surface area contributed by atoms with E-state index in [0.29, 0.717) is 25.7 Å². The Balaban J connectivity index is 2.29. The summed E-state index contributed by atoms with van der Waals surface area (Å²) in [6.45, 7) is 3.72. The van der Waals surface area contributed by atoms with Crippen molar-refractivity contribution in [3.05, 3.63) is 35.9 Å². The summed E-state index contributed by atoms with van der Waals surface area (Å²) in [7, 11) is 1.95. The first-order chi connectivity index (χ1) is 8.63. The number of rotatable bonds is 7. The van der Waals surface area contributed by atoms with E-state index in [1.165, 1.54) is 0 Å². The molecule has 100 valence electrons. The summed E-state index contributed by atoms with van der Waals surface area (Å²) < 4.78 is 0. The SMILES string of the molecule is CC(CCN)N(C)CC(=O)NCc1ccccc1. The molecule has 0 bridgehead atoms. The second-order valence-electron chi connectivity index (χ2n) is 4.60. The fourth-order valence-corrected chi connectivity index (χ4v) is 1.70. The lowest BCUT2D eigenvalue weighted by Crippen LogP contribution is -2.39. The zero-order chi connectivity index (χ0) is 13.4. The van der Waals surface area contributed by atoms with Gasteiger partial charge in [0.2, 0.25) is 5.91 Å². The second kappa shape index (κ2) is 7.84. The molecule has 18 heavy (non-hydrogen) atoms. The van der Waals surface area contributed by atoms with E-state index in [2.05, 4.69) is 12.2 Å². The van der Waals surface area contributed by atoms with Gasteiger partial charge in [-0.2, -0.15) is 0 Å². The molecule has 0 aromatic heterocycles. The van der Waals surface area contributed by atoms with Gasteiger partial charge in [-0.15, -0.1) is 0 Å². The number of hydrogen-bond donors (Lipinski definition) is 2. The minimum absolute atomic E-state index is 0.0465. The maximum atomic E-state index is 11.8. The lowest BCUT2D eigenvalue weighted by Gasteiger charge is -2.23. The molecule has 1 aromatic rings. The van der Waals surface area contributed by atoms with E-state index >= 15 is 0 Å². The van der Waals surface area contributed by atoms with Gasteiger partial charge < -0.3 is 11.1 Å². The molecule has 4 heteroatoms. The largest absolute Gasteiger partial charge is 0.351 e. The van der Waals surface area contributed by atoms with Crippen LogP contribution in [-0.2, 0) is 11.3 Å². The molecule has 0 aliphatic carbocycles. The third-order valence-electron chi connectivity index (χ3n) is 3.06. The Morgan fingerprint density at radius 3 is 2.67 bits per heavy atom. The summed E-state index contributed by atoms with van der Waals surface area (Å²) in [5.74, 6) is 0.0465. The normalized spacial score (nSPS) is 12.4. The van der Waals surface area contributed by atoms with Crippen LogP contribution in [0.4, 0.5) is 0 Å². The predicted molar refractivity (Wildman–Crippen MR) is 74.1 cm³/mol. The van der Waals surface area contributed by atoms with Gasteiger partial charge in [0, 0.05) is 12.6 Å². The van der Waals surface area contributed by atoms with Gasteiger partial charge in [-0.05, 0) is 32.5 Å². The molecule has 1 atom stereocenters. The standard InChI is InChI=1S/C14H23N3O/c1-12(8-9-15)17(2)11-14(18)16-10-13-6-4-3-5-7-13/h3-7,12H,8-11,15H2,1-2H3,(H,16,18). The topological polar surface area (TPSA) is 58.4 Å². The minimum Gasteiger partial charge on any atom is -0.351 e. The first-order valence-electron chi connectivity index (χ1n) is 6.34. The van der Waals surface area contributed by atoms with Crippen molar-refractivity contribution in [3.8, 4) is 0 Å².